The number of amides is 1. The van der Waals surface area contributed by atoms with Crippen LogP contribution in [0.15, 0.2) is 23.2 Å². The Bertz CT molecular complexity index is 569. The van der Waals surface area contributed by atoms with E-state index >= 15 is 0 Å². The summed E-state index contributed by atoms with van der Waals surface area (Å²) in [5.74, 6) is -0.494. The van der Waals surface area contributed by atoms with Crippen molar-refractivity contribution in [3.8, 4) is 11.8 Å². The van der Waals surface area contributed by atoms with Crippen LogP contribution < -0.4 is 15.3 Å². The number of fused-ring (bicyclic) bond motifs is 1. The van der Waals surface area contributed by atoms with Crippen molar-refractivity contribution in [2.45, 2.75) is 0 Å². The molecule has 1 unspecified atom stereocenters. The van der Waals surface area contributed by atoms with E-state index in [4.69, 9.17) is 10.00 Å². The van der Waals surface area contributed by atoms with Gasteiger partial charge in [0.1, 0.15) is 11.7 Å². The van der Waals surface area contributed by atoms with Crippen molar-refractivity contribution < 1.29 is 9.53 Å². The molecule has 0 N–H and O–H groups in total. The molecule has 0 aliphatic carbocycles. The molecule has 1 amide bonds. The molecular weight excluding hydrogens is 192 g/mol. The van der Waals surface area contributed by atoms with Crippen LogP contribution in [-0.2, 0) is 4.79 Å². The van der Waals surface area contributed by atoms with Gasteiger partial charge in [-0.05, 0) is 24.3 Å². The second kappa shape index (κ2) is 3.54. The molecule has 1 aliphatic heterocycles. The summed E-state index contributed by atoms with van der Waals surface area (Å²) in [6, 6.07) is 7.09. The highest BCUT2D eigenvalue weighted by Gasteiger charge is 2.17. The summed E-state index contributed by atoms with van der Waals surface area (Å²) in [6.45, 7) is 0. The van der Waals surface area contributed by atoms with Crippen LogP contribution in [0.25, 0.3) is 6.08 Å². The molecular formula is C11H8N2O2. The Kier molecular flexibility index (Phi) is 2.22. The van der Waals surface area contributed by atoms with Crippen LogP contribution in [0.1, 0.15) is 0 Å². The maximum Gasteiger partial charge on any atom is 0.267 e. The second-order valence-electron chi connectivity index (χ2n) is 3.15. The fourth-order valence-corrected chi connectivity index (χ4v) is 1.43. The van der Waals surface area contributed by atoms with Crippen LogP contribution in [0.4, 0.5) is 0 Å². The van der Waals surface area contributed by atoms with Crippen molar-refractivity contribution in [1.82, 2.24) is 0 Å². The summed E-state index contributed by atoms with van der Waals surface area (Å²) in [4.78, 5) is 15.1. The van der Waals surface area contributed by atoms with E-state index in [1.807, 2.05) is 6.07 Å². The monoisotopic (exact) mass is 200 g/mol. The zero-order valence-corrected chi connectivity index (χ0v) is 8.10. The Morgan fingerprint density at radius 1 is 1.53 bits per heavy atom. The van der Waals surface area contributed by atoms with E-state index in [-0.39, 0.29) is 0 Å². The number of benzene rings is 1. The third kappa shape index (κ3) is 1.59. The minimum atomic E-state index is -0.774. The van der Waals surface area contributed by atoms with E-state index < -0.39 is 11.8 Å². The van der Waals surface area contributed by atoms with Crippen LogP contribution in [0.2, 0.25) is 0 Å². The lowest BCUT2D eigenvalue weighted by molar-refractivity contribution is -0.118. The van der Waals surface area contributed by atoms with Crippen molar-refractivity contribution in [2.24, 2.45) is 10.9 Å². The molecule has 0 spiro atoms. The van der Waals surface area contributed by atoms with Crippen molar-refractivity contribution in [3.05, 3.63) is 28.8 Å². The zero-order chi connectivity index (χ0) is 10.8. The summed E-state index contributed by atoms with van der Waals surface area (Å²) in [7, 11) is 1.56. The summed E-state index contributed by atoms with van der Waals surface area (Å²) in [5.41, 5.74) is 0. The molecule has 4 nitrogen and oxygen atoms in total. The van der Waals surface area contributed by atoms with Crippen LogP contribution in [0.5, 0.6) is 5.75 Å². The summed E-state index contributed by atoms with van der Waals surface area (Å²) < 4.78 is 5.05. The second-order valence-corrected chi connectivity index (χ2v) is 3.15. The Morgan fingerprint density at radius 2 is 2.33 bits per heavy atom. The zero-order valence-electron chi connectivity index (χ0n) is 8.10. The highest BCUT2D eigenvalue weighted by atomic mass is 16.5. The molecule has 0 saturated carbocycles. The number of methoxy groups -OCH3 is 1. The van der Waals surface area contributed by atoms with E-state index in [0.717, 1.165) is 5.22 Å². The van der Waals surface area contributed by atoms with Gasteiger partial charge in [0.25, 0.3) is 5.91 Å². The van der Waals surface area contributed by atoms with Gasteiger partial charge in [0, 0.05) is 5.22 Å². The molecule has 74 valence electrons. The third-order valence-corrected chi connectivity index (χ3v) is 2.22. The van der Waals surface area contributed by atoms with Gasteiger partial charge in [-0.2, -0.15) is 5.26 Å². The van der Waals surface area contributed by atoms with Crippen molar-refractivity contribution in [3.63, 3.8) is 0 Å². The number of rotatable bonds is 1. The summed E-state index contributed by atoms with van der Waals surface area (Å²) in [5, 5.41) is 10.1. The van der Waals surface area contributed by atoms with Gasteiger partial charge >= 0.3 is 0 Å². The van der Waals surface area contributed by atoms with Crippen molar-refractivity contribution in [1.29, 1.82) is 5.26 Å². The highest BCUT2D eigenvalue weighted by Crippen LogP contribution is 2.06. The fraction of sp³-hybridized carbons (Fsp3) is 0.182. The molecule has 0 aromatic heterocycles. The summed E-state index contributed by atoms with van der Waals surface area (Å²) >= 11 is 0. The first-order chi connectivity index (χ1) is 7.24. The average molecular weight is 200 g/mol. The van der Waals surface area contributed by atoms with Gasteiger partial charge in [-0.3, -0.25) is 4.79 Å². The number of carbonyl (C=O) groups is 1. The Balaban J connectivity index is 2.67. The molecule has 1 heterocycles. The van der Waals surface area contributed by atoms with E-state index in [9.17, 15) is 4.79 Å². The molecule has 0 radical (unpaired) electrons. The number of ether oxygens (including phenoxy) is 1. The van der Waals surface area contributed by atoms with Gasteiger partial charge in [-0.25, -0.2) is 4.99 Å². The Hall–Kier alpha value is -2.15. The number of hydrogen-bond donors (Lipinski definition) is 0. The standard InChI is InChI=1S/C11H8N2O2/c1-15-9-2-3-10-7(5-9)4-8(6-12)11(14)13-10/h2-5,8H,1H3. The quantitative estimate of drug-likeness (QED) is 0.629. The number of nitrogens with zero attached hydrogens (tertiary/aromatic N) is 2. The molecule has 15 heavy (non-hydrogen) atoms. The molecule has 1 aromatic rings. The normalized spacial score (nSPS) is 18.1. The van der Waals surface area contributed by atoms with Gasteiger partial charge in [0.15, 0.2) is 0 Å². The van der Waals surface area contributed by atoms with E-state index in [1.165, 1.54) is 0 Å². The SMILES string of the molecule is COc1ccc2c(c1)=CC(C#N)C(=O)N=2. The van der Waals surface area contributed by atoms with Crippen molar-refractivity contribution >= 4 is 12.0 Å². The average Bonchev–Trinajstić information content (AvgIpc) is 2.27. The Morgan fingerprint density at radius 3 is 3.00 bits per heavy atom. The largest absolute Gasteiger partial charge is 0.497 e. The molecule has 0 bridgehead atoms. The van der Waals surface area contributed by atoms with Crippen LogP contribution in [0, 0.1) is 17.2 Å². The molecule has 1 aromatic carbocycles. The molecule has 4 heteroatoms. The first-order valence-corrected chi connectivity index (χ1v) is 4.42. The van der Waals surface area contributed by atoms with Crippen LogP contribution in [0.3, 0.4) is 0 Å². The van der Waals surface area contributed by atoms with Gasteiger partial charge in [-0.1, -0.05) is 0 Å². The highest BCUT2D eigenvalue weighted by molar-refractivity contribution is 5.88. The predicted octanol–water partition coefficient (Wildman–Crippen LogP) is -0.225. The minimum Gasteiger partial charge on any atom is -0.497 e. The molecule has 1 aliphatic rings. The smallest absolute Gasteiger partial charge is 0.267 e. The van der Waals surface area contributed by atoms with Gasteiger partial charge in [-0.15, -0.1) is 0 Å². The lowest BCUT2D eigenvalue weighted by Gasteiger charge is -2.05. The number of nitriles is 1. The van der Waals surface area contributed by atoms with E-state index in [1.54, 1.807) is 31.4 Å². The third-order valence-electron chi connectivity index (χ3n) is 2.22. The van der Waals surface area contributed by atoms with Crippen LogP contribution >= 0.6 is 0 Å². The number of hydrogen-bond acceptors (Lipinski definition) is 3. The predicted molar refractivity (Wildman–Crippen MR) is 52.4 cm³/mol. The van der Waals surface area contributed by atoms with Gasteiger partial charge in [0.05, 0.1) is 18.5 Å². The topological polar surface area (TPSA) is 62.4 Å². The first kappa shape index (κ1) is 9.41. The maximum atomic E-state index is 11.3. The molecule has 2 rings (SSSR count). The van der Waals surface area contributed by atoms with Crippen LogP contribution in [-0.4, -0.2) is 13.0 Å². The fourth-order valence-electron chi connectivity index (χ4n) is 1.43. The first-order valence-electron chi connectivity index (χ1n) is 4.42. The molecule has 0 fully saturated rings. The Labute approximate surface area is 86.1 Å². The molecule has 1 atom stereocenters. The van der Waals surface area contributed by atoms with Gasteiger partial charge < -0.3 is 4.74 Å². The van der Waals surface area contributed by atoms with E-state index in [2.05, 4.69) is 4.99 Å². The lowest BCUT2D eigenvalue weighted by Crippen LogP contribution is -2.33. The van der Waals surface area contributed by atoms with Crippen molar-refractivity contribution in [2.75, 3.05) is 7.11 Å². The number of carbonyl (C=O) groups excluding carboxylic acids is 1. The van der Waals surface area contributed by atoms with E-state index in [0.29, 0.717) is 11.1 Å². The minimum absolute atomic E-state index is 0.407. The van der Waals surface area contributed by atoms with Gasteiger partial charge in [0.2, 0.25) is 0 Å². The lowest BCUT2D eigenvalue weighted by atomic mass is 10.1. The maximum absolute atomic E-state index is 11.3. The summed E-state index contributed by atoms with van der Waals surface area (Å²) in [6.07, 6.45) is 1.60. The molecule has 0 saturated heterocycles.